The van der Waals surface area contributed by atoms with E-state index in [9.17, 15) is 13.6 Å². The SMILES string of the molecule is CC(COc1ccc(F)cc1F)NC(=O)NCc1ccc(Cl)cc1. The zero-order valence-electron chi connectivity index (χ0n) is 13.0. The number of halogens is 3. The summed E-state index contributed by atoms with van der Waals surface area (Å²) in [4.78, 5) is 11.8. The predicted molar refractivity (Wildman–Crippen MR) is 88.1 cm³/mol. The lowest BCUT2D eigenvalue weighted by atomic mass is 10.2. The number of carbonyl (C=O) groups excluding carboxylic acids is 1. The molecule has 0 spiro atoms. The number of amides is 2. The maximum Gasteiger partial charge on any atom is 0.315 e. The molecule has 2 rings (SSSR count). The number of benzene rings is 2. The van der Waals surface area contributed by atoms with E-state index < -0.39 is 11.6 Å². The van der Waals surface area contributed by atoms with E-state index in [2.05, 4.69) is 10.6 Å². The van der Waals surface area contributed by atoms with E-state index >= 15 is 0 Å². The van der Waals surface area contributed by atoms with Crippen LogP contribution in [0.1, 0.15) is 12.5 Å². The summed E-state index contributed by atoms with van der Waals surface area (Å²) in [6.45, 7) is 2.11. The van der Waals surface area contributed by atoms with Gasteiger partial charge in [-0.25, -0.2) is 13.6 Å². The van der Waals surface area contributed by atoms with Gasteiger partial charge in [-0.05, 0) is 36.8 Å². The molecule has 0 aliphatic carbocycles. The molecule has 1 atom stereocenters. The van der Waals surface area contributed by atoms with Crippen LogP contribution in [0.15, 0.2) is 42.5 Å². The minimum atomic E-state index is -0.783. The molecule has 0 aromatic heterocycles. The van der Waals surface area contributed by atoms with Crippen LogP contribution in [0.2, 0.25) is 5.02 Å². The van der Waals surface area contributed by atoms with Gasteiger partial charge in [-0.3, -0.25) is 0 Å². The van der Waals surface area contributed by atoms with Crippen molar-refractivity contribution in [3.05, 3.63) is 64.7 Å². The van der Waals surface area contributed by atoms with Gasteiger partial charge in [0.15, 0.2) is 11.6 Å². The molecule has 0 fully saturated rings. The molecule has 0 saturated heterocycles. The molecule has 0 bridgehead atoms. The second-order valence-corrected chi connectivity index (χ2v) is 5.68. The highest BCUT2D eigenvalue weighted by Crippen LogP contribution is 2.17. The Kier molecular flexibility index (Phi) is 6.37. The summed E-state index contributed by atoms with van der Waals surface area (Å²) in [6.07, 6.45) is 0. The van der Waals surface area contributed by atoms with Gasteiger partial charge in [-0.1, -0.05) is 23.7 Å². The Labute approximate surface area is 143 Å². The van der Waals surface area contributed by atoms with Crippen LogP contribution in [-0.4, -0.2) is 18.7 Å². The van der Waals surface area contributed by atoms with Gasteiger partial charge in [-0.15, -0.1) is 0 Å². The summed E-state index contributed by atoms with van der Waals surface area (Å²) in [5.74, 6) is -1.52. The molecule has 128 valence electrons. The molecular formula is C17H17ClF2N2O2. The normalized spacial score (nSPS) is 11.7. The van der Waals surface area contributed by atoms with E-state index in [1.165, 1.54) is 6.07 Å². The van der Waals surface area contributed by atoms with Crippen molar-refractivity contribution in [3.8, 4) is 5.75 Å². The largest absolute Gasteiger partial charge is 0.488 e. The monoisotopic (exact) mass is 354 g/mol. The first-order valence-corrected chi connectivity index (χ1v) is 7.68. The minimum absolute atomic E-state index is 0.0525. The second-order valence-electron chi connectivity index (χ2n) is 5.24. The standard InChI is InChI=1S/C17H17ClF2N2O2/c1-11(10-24-16-7-6-14(19)8-15(16)20)22-17(23)21-9-12-2-4-13(18)5-3-12/h2-8,11H,9-10H2,1H3,(H2,21,22,23). The molecule has 2 aromatic rings. The molecule has 0 saturated carbocycles. The lowest BCUT2D eigenvalue weighted by Crippen LogP contribution is -2.43. The number of carbonyl (C=O) groups is 1. The van der Waals surface area contributed by atoms with Gasteiger partial charge in [0.1, 0.15) is 12.4 Å². The first-order chi connectivity index (χ1) is 11.4. The van der Waals surface area contributed by atoms with E-state index in [0.29, 0.717) is 11.6 Å². The van der Waals surface area contributed by atoms with Crippen LogP contribution in [0.3, 0.4) is 0 Å². The first kappa shape index (κ1) is 18.0. The quantitative estimate of drug-likeness (QED) is 0.827. The van der Waals surface area contributed by atoms with Crippen LogP contribution in [0.5, 0.6) is 5.75 Å². The highest BCUT2D eigenvalue weighted by Gasteiger charge is 2.10. The smallest absolute Gasteiger partial charge is 0.315 e. The van der Waals surface area contributed by atoms with Crippen molar-refractivity contribution in [3.63, 3.8) is 0 Å². The summed E-state index contributed by atoms with van der Waals surface area (Å²) >= 11 is 5.79. The van der Waals surface area contributed by atoms with Crippen LogP contribution in [0.4, 0.5) is 13.6 Å². The van der Waals surface area contributed by atoms with Crippen LogP contribution >= 0.6 is 11.6 Å². The lowest BCUT2D eigenvalue weighted by molar-refractivity contribution is 0.224. The highest BCUT2D eigenvalue weighted by atomic mass is 35.5. The third-order valence-electron chi connectivity index (χ3n) is 3.13. The third kappa shape index (κ3) is 5.70. The molecule has 24 heavy (non-hydrogen) atoms. The van der Waals surface area contributed by atoms with Gasteiger partial charge in [-0.2, -0.15) is 0 Å². The Morgan fingerprint density at radius 3 is 2.58 bits per heavy atom. The molecule has 0 radical (unpaired) electrons. The number of rotatable bonds is 6. The third-order valence-corrected chi connectivity index (χ3v) is 3.38. The molecule has 2 N–H and O–H groups in total. The minimum Gasteiger partial charge on any atom is -0.488 e. The summed E-state index contributed by atoms with van der Waals surface area (Å²) in [5, 5.41) is 5.99. The second kappa shape index (κ2) is 8.49. The molecule has 0 aliphatic rings. The molecule has 7 heteroatoms. The Morgan fingerprint density at radius 1 is 1.21 bits per heavy atom. The maximum atomic E-state index is 13.4. The highest BCUT2D eigenvalue weighted by molar-refractivity contribution is 6.30. The van der Waals surface area contributed by atoms with Crippen molar-refractivity contribution >= 4 is 17.6 Å². The average molecular weight is 355 g/mol. The van der Waals surface area contributed by atoms with Crippen LogP contribution < -0.4 is 15.4 Å². The Bertz CT molecular complexity index is 695. The van der Waals surface area contributed by atoms with Gasteiger partial charge < -0.3 is 15.4 Å². The van der Waals surface area contributed by atoms with Gasteiger partial charge in [0.05, 0.1) is 6.04 Å². The Hall–Kier alpha value is -2.34. The Balaban J connectivity index is 1.74. The molecule has 2 amide bonds. The average Bonchev–Trinajstić information content (AvgIpc) is 2.53. The van der Waals surface area contributed by atoms with E-state index in [-0.39, 0.29) is 24.4 Å². The molecule has 4 nitrogen and oxygen atoms in total. The number of hydrogen-bond acceptors (Lipinski definition) is 2. The van der Waals surface area contributed by atoms with Gasteiger partial charge in [0, 0.05) is 17.6 Å². The van der Waals surface area contributed by atoms with Gasteiger partial charge in [0.2, 0.25) is 0 Å². The van der Waals surface area contributed by atoms with E-state index in [1.807, 2.05) is 12.1 Å². The zero-order chi connectivity index (χ0) is 17.5. The fraction of sp³-hybridized carbons (Fsp3) is 0.235. The summed E-state index contributed by atoms with van der Waals surface area (Å²) in [7, 11) is 0. The fourth-order valence-corrected chi connectivity index (χ4v) is 2.03. The summed E-state index contributed by atoms with van der Waals surface area (Å²) < 4.78 is 31.5. The molecule has 0 heterocycles. The van der Waals surface area contributed by atoms with Crippen molar-refractivity contribution in [1.29, 1.82) is 0 Å². The van der Waals surface area contributed by atoms with Crippen molar-refractivity contribution in [2.75, 3.05) is 6.61 Å². The molecule has 2 aromatic carbocycles. The predicted octanol–water partition coefficient (Wildman–Crippen LogP) is 3.88. The van der Waals surface area contributed by atoms with E-state index in [4.69, 9.17) is 16.3 Å². The van der Waals surface area contributed by atoms with Crippen molar-refractivity contribution in [2.24, 2.45) is 0 Å². The number of nitrogens with one attached hydrogen (secondary N) is 2. The number of ether oxygens (including phenoxy) is 1. The van der Waals surface area contributed by atoms with E-state index in [0.717, 1.165) is 17.7 Å². The molecule has 1 unspecified atom stereocenters. The molecular weight excluding hydrogens is 338 g/mol. The Morgan fingerprint density at radius 2 is 1.92 bits per heavy atom. The van der Waals surface area contributed by atoms with Crippen LogP contribution in [0, 0.1) is 11.6 Å². The summed E-state index contributed by atoms with van der Waals surface area (Å²) in [5.41, 5.74) is 0.909. The lowest BCUT2D eigenvalue weighted by Gasteiger charge is -2.16. The number of hydrogen-bond donors (Lipinski definition) is 2. The first-order valence-electron chi connectivity index (χ1n) is 7.30. The van der Waals surface area contributed by atoms with Gasteiger partial charge >= 0.3 is 6.03 Å². The van der Waals surface area contributed by atoms with E-state index in [1.54, 1.807) is 19.1 Å². The van der Waals surface area contributed by atoms with Crippen molar-refractivity contribution < 1.29 is 18.3 Å². The summed E-state index contributed by atoms with van der Waals surface area (Å²) in [6, 6.07) is 9.42. The van der Waals surface area contributed by atoms with Crippen LogP contribution in [-0.2, 0) is 6.54 Å². The van der Waals surface area contributed by atoms with Crippen molar-refractivity contribution in [1.82, 2.24) is 10.6 Å². The maximum absolute atomic E-state index is 13.4. The zero-order valence-corrected chi connectivity index (χ0v) is 13.7. The fourth-order valence-electron chi connectivity index (χ4n) is 1.91. The number of urea groups is 1. The van der Waals surface area contributed by atoms with Crippen LogP contribution in [0.25, 0.3) is 0 Å². The topological polar surface area (TPSA) is 50.4 Å². The molecule has 0 aliphatic heterocycles. The van der Waals surface area contributed by atoms with Gasteiger partial charge in [0.25, 0.3) is 0 Å². The van der Waals surface area contributed by atoms with Crippen molar-refractivity contribution in [2.45, 2.75) is 19.5 Å².